The average molecular weight is 330 g/mol. The molecule has 0 spiro atoms. The van der Waals surface area contributed by atoms with Crippen LogP contribution in [0.4, 0.5) is 0 Å². The van der Waals surface area contributed by atoms with E-state index in [1.807, 2.05) is 14.1 Å². The lowest BCUT2D eigenvalue weighted by atomic mass is 9.86. The minimum absolute atomic E-state index is 0.0110. The minimum Gasteiger partial charge on any atom is -0.458 e. The molecule has 116 valence electrons. The summed E-state index contributed by atoms with van der Waals surface area (Å²) in [6.45, 7) is 0.944. The maximum atomic E-state index is 12.3. The van der Waals surface area contributed by atoms with Crippen molar-refractivity contribution in [3.05, 3.63) is 33.8 Å². The molecule has 5 heteroatoms. The Labute approximate surface area is 136 Å². The molecule has 0 N–H and O–H groups in total. The van der Waals surface area contributed by atoms with Crippen LogP contribution in [-0.4, -0.2) is 37.6 Å². The number of ether oxygens (including phenoxy) is 1. The van der Waals surface area contributed by atoms with Crippen molar-refractivity contribution in [2.45, 2.75) is 31.8 Å². The van der Waals surface area contributed by atoms with E-state index in [4.69, 9.17) is 27.9 Å². The van der Waals surface area contributed by atoms with E-state index in [0.717, 1.165) is 25.8 Å². The fourth-order valence-electron chi connectivity index (χ4n) is 2.84. The fraction of sp³-hybridized carbons (Fsp3) is 0.562. The highest BCUT2D eigenvalue weighted by Gasteiger charge is 2.29. The second-order valence-electron chi connectivity index (χ2n) is 5.88. The number of carbonyl (C=O) groups is 1. The molecule has 0 aromatic heterocycles. The highest BCUT2D eigenvalue weighted by Crippen LogP contribution is 2.29. The summed E-state index contributed by atoms with van der Waals surface area (Å²) >= 11 is 11.8. The molecule has 1 aliphatic rings. The summed E-state index contributed by atoms with van der Waals surface area (Å²) in [4.78, 5) is 14.4. The number of benzene rings is 1. The van der Waals surface area contributed by atoms with Gasteiger partial charge in [0.25, 0.3) is 0 Å². The van der Waals surface area contributed by atoms with Gasteiger partial charge in [0.1, 0.15) is 6.10 Å². The van der Waals surface area contributed by atoms with Crippen molar-refractivity contribution in [1.29, 1.82) is 0 Å². The SMILES string of the molecule is CN(C)C[C@@H]1CCCC[C@H]1OC(=O)c1ccc(Cl)c(Cl)c1. The van der Waals surface area contributed by atoms with Crippen LogP contribution in [-0.2, 0) is 4.74 Å². The molecule has 3 nitrogen and oxygen atoms in total. The Morgan fingerprint density at radius 2 is 1.95 bits per heavy atom. The summed E-state index contributed by atoms with van der Waals surface area (Å²) < 4.78 is 5.72. The third kappa shape index (κ3) is 4.60. The summed E-state index contributed by atoms with van der Waals surface area (Å²) in [7, 11) is 4.10. The van der Waals surface area contributed by atoms with Gasteiger partial charge in [0.05, 0.1) is 15.6 Å². The first kappa shape index (κ1) is 16.6. The largest absolute Gasteiger partial charge is 0.458 e. The van der Waals surface area contributed by atoms with Crippen LogP contribution in [0.3, 0.4) is 0 Å². The second kappa shape index (κ2) is 7.48. The lowest BCUT2D eigenvalue weighted by molar-refractivity contribution is -0.00324. The van der Waals surface area contributed by atoms with Crippen LogP contribution in [0.2, 0.25) is 10.0 Å². The zero-order chi connectivity index (χ0) is 15.4. The van der Waals surface area contributed by atoms with Gasteiger partial charge >= 0.3 is 5.97 Å². The first-order chi connectivity index (χ1) is 9.97. The van der Waals surface area contributed by atoms with E-state index in [2.05, 4.69) is 4.90 Å². The first-order valence-corrected chi connectivity index (χ1v) is 8.03. The molecule has 2 rings (SSSR count). The van der Waals surface area contributed by atoms with Crippen LogP contribution in [0.5, 0.6) is 0 Å². The van der Waals surface area contributed by atoms with E-state index in [-0.39, 0.29) is 12.1 Å². The van der Waals surface area contributed by atoms with E-state index in [1.54, 1.807) is 18.2 Å². The molecule has 0 saturated heterocycles. The smallest absolute Gasteiger partial charge is 0.338 e. The van der Waals surface area contributed by atoms with Gasteiger partial charge in [-0.15, -0.1) is 0 Å². The Kier molecular flexibility index (Phi) is 5.91. The van der Waals surface area contributed by atoms with Gasteiger partial charge in [0, 0.05) is 12.5 Å². The van der Waals surface area contributed by atoms with E-state index >= 15 is 0 Å². The minimum atomic E-state index is -0.316. The number of halogens is 2. The van der Waals surface area contributed by atoms with Crippen LogP contribution >= 0.6 is 23.2 Å². The second-order valence-corrected chi connectivity index (χ2v) is 6.69. The lowest BCUT2D eigenvalue weighted by Gasteiger charge is -2.32. The lowest BCUT2D eigenvalue weighted by Crippen LogP contribution is -2.36. The van der Waals surface area contributed by atoms with Crippen molar-refractivity contribution in [1.82, 2.24) is 4.90 Å². The highest BCUT2D eigenvalue weighted by molar-refractivity contribution is 6.42. The molecule has 0 bridgehead atoms. The number of hydrogen-bond acceptors (Lipinski definition) is 3. The van der Waals surface area contributed by atoms with E-state index in [1.165, 1.54) is 6.42 Å². The predicted molar refractivity (Wildman–Crippen MR) is 86.2 cm³/mol. The molecule has 1 aliphatic carbocycles. The Morgan fingerprint density at radius 1 is 1.24 bits per heavy atom. The zero-order valence-corrected chi connectivity index (χ0v) is 14.0. The molecule has 1 fully saturated rings. The molecular formula is C16H21Cl2NO2. The molecule has 0 amide bonds. The molecule has 0 heterocycles. The Bertz CT molecular complexity index is 505. The summed E-state index contributed by atoms with van der Waals surface area (Å²) in [6, 6.07) is 4.84. The van der Waals surface area contributed by atoms with Gasteiger partial charge in [-0.3, -0.25) is 0 Å². The molecular weight excluding hydrogens is 309 g/mol. The van der Waals surface area contributed by atoms with Gasteiger partial charge in [0.2, 0.25) is 0 Å². The molecule has 1 aromatic carbocycles. The van der Waals surface area contributed by atoms with Gasteiger partial charge in [-0.25, -0.2) is 4.79 Å². The maximum Gasteiger partial charge on any atom is 0.338 e. The number of nitrogens with zero attached hydrogens (tertiary/aromatic N) is 1. The predicted octanol–water partition coefficient (Wildman–Crippen LogP) is 4.27. The van der Waals surface area contributed by atoms with Crippen LogP contribution < -0.4 is 0 Å². The molecule has 0 aliphatic heterocycles. The van der Waals surface area contributed by atoms with Gasteiger partial charge < -0.3 is 9.64 Å². The maximum absolute atomic E-state index is 12.3. The normalized spacial score (nSPS) is 22.3. The molecule has 1 saturated carbocycles. The van der Waals surface area contributed by atoms with Crippen LogP contribution in [0.15, 0.2) is 18.2 Å². The Balaban J connectivity index is 2.04. The van der Waals surface area contributed by atoms with Gasteiger partial charge in [-0.2, -0.15) is 0 Å². The van der Waals surface area contributed by atoms with Crippen molar-refractivity contribution in [2.24, 2.45) is 5.92 Å². The van der Waals surface area contributed by atoms with Crippen molar-refractivity contribution < 1.29 is 9.53 Å². The number of esters is 1. The van der Waals surface area contributed by atoms with E-state index in [9.17, 15) is 4.79 Å². The Hall–Kier alpha value is -0.770. The quantitative estimate of drug-likeness (QED) is 0.772. The van der Waals surface area contributed by atoms with Gasteiger partial charge in [-0.1, -0.05) is 29.6 Å². The van der Waals surface area contributed by atoms with Crippen molar-refractivity contribution in [2.75, 3.05) is 20.6 Å². The number of rotatable bonds is 4. The summed E-state index contributed by atoms with van der Waals surface area (Å²) in [5.74, 6) is 0.0877. The Morgan fingerprint density at radius 3 is 2.62 bits per heavy atom. The van der Waals surface area contributed by atoms with Gasteiger partial charge in [0.15, 0.2) is 0 Å². The standard InChI is InChI=1S/C16H21Cl2NO2/c1-19(2)10-12-5-3-4-6-15(12)21-16(20)11-7-8-13(17)14(18)9-11/h7-9,12,15H,3-6,10H2,1-2H3/t12-,15+/m0/s1. The summed E-state index contributed by atoms with van der Waals surface area (Å²) in [6.07, 6.45) is 4.36. The average Bonchev–Trinajstić information content (AvgIpc) is 2.43. The number of hydrogen-bond donors (Lipinski definition) is 0. The monoisotopic (exact) mass is 329 g/mol. The van der Waals surface area contributed by atoms with Gasteiger partial charge in [-0.05, 0) is 51.6 Å². The van der Waals surface area contributed by atoms with E-state index < -0.39 is 0 Å². The highest BCUT2D eigenvalue weighted by atomic mass is 35.5. The topological polar surface area (TPSA) is 29.5 Å². The number of carbonyl (C=O) groups excluding carboxylic acids is 1. The van der Waals surface area contributed by atoms with Crippen molar-refractivity contribution in [3.8, 4) is 0 Å². The first-order valence-electron chi connectivity index (χ1n) is 7.28. The van der Waals surface area contributed by atoms with Crippen LogP contribution in [0.25, 0.3) is 0 Å². The van der Waals surface area contributed by atoms with Crippen molar-refractivity contribution in [3.63, 3.8) is 0 Å². The molecule has 21 heavy (non-hydrogen) atoms. The van der Waals surface area contributed by atoms with Crippen LogP contribution in [0.1, 0.15) is 36.0 Å². The third-order valence-corrected chi connectivity index (χ3v) is 4.59. The van der Waals surface area contributed by atoms with Crippen LogP contribution in [0, 0.1) is 5.92 Å². The summed E-state index contributed by atoms with van der Waals surface area (Å²) in [5.41, 5.74) is 0.457. The van der Waals surface area contributed by atoms with Crippen molar-refractivity contribution >= 4 is 29.2 Å². The fourth-order valence-corrected chi connectivity index (χ4v) is 3.13. The molecule has 1 aromatic rings. The molecule has 0 radical (unpaired) electrons. The van der Waals surface area contributed by atoms with E-state index in [0.29, 0.717) is 21.5 Å². The summed E-state index contributed by atoms with van der Waals surface area (Å²) in [5, 5.41) is 0.816. The third-order valence-electron chi connectivity index (χ3n) is 3.85. The zero-order valence-electron chi connectivity index (χ0n) is 12.4. The molecule has 2 atom stereocenters. The molecule has 0 unspecified atom stereocenters.